The number of esters is 4. The highest BCUT2D eigenvalue weighted by Gasteiger charge is 2.58. The van der Waals surface area contributed by atoms with Crippen molar-refractivity contribution in [3.8, 4) is 0 Å². The number of carbonyl (C=O) groups excluding carboxylic acids is 4. The molecule has 2 aromatic carbocycles. The second kappa shape index (κ2) is 38.6. The van der Waals surface area contributed by atoms with Crippen molar-refractivity contribution in [3.63, 3.8) is 0 Å². The van der Waals surface area contributed by atoms with E-state index >= 15 is 0 Å². The van der Waals surface area contributed by atoms with Gasteiger partial charge in [0.15, 0.2) is 31.1 Å². The Hall–Kier alpha value is -5.04. The van der Waals surface area contributed by atoms with Crippen LogP contribution in [-0.2, 0) is 80.6 Å². The third kappa shape index (κ3) is 20.2. The zero-order valence-electron chi connectivity index (χ0n) is 49.7. The van der Waals surface area contributed by atoms with E-state index in [1.165, 1.54) is 24.3 Å². The van der Waals surface area contributed by atoms with Crippen molar-refractivity contribution in [1.82, 2.24) is 0 Å². The summed E-state index contributed by atoms with van der Waals surface area (Å²) in [5.41, 5.74) is 20.3. The molecule has 2 aromatic rings. The van der Waals surface area contributed by atoms with Crippen LogP contribution in [0.3, 0.4) is 0 Å². The lowest BCUT2D eigenvalue weighted by Crippen LogP contribution is -2.68. The number of nitrogens with zero attached hydrogens (tertiary/aromatic N) is 6. The minimum absolute atomic E-state index is 0.00795. The van der Waals surface area contributed by atoms with Crippen molar-refractivity contribution in [2.75, 3.05) is 71.2 Å². The fourth-order valence-electron chi connectivity index (χ4n) is 10.2. The number of halogens is 2. The third-order valence-corrected chi connectivity index (χ3v) is 15.2. The van der Waals surface area contributed by atoms with Gasteiger partial charge in [0.1, 0.15) is 92.1 Å². The summed E-state index contributed by atoms with van der Waals surface area (Å²) in [6.07, 6.45) is -20.8. The number of benzene rings is 2. The van der Waals surface area contributed by atoms with Gasteiger partial charge in [-0.1, -0.05) is 100 Å². The number of rotatable bonds is 36. The summed E-state index contributed by atoms with van der Waals surface area (Å²) in [7, 11) is 0. The molecular weight excluding hydrogens is 1200 g/mol. The molecular formula is C58H82Cl2N6O22. The largest absolute Gasteiger partial charge is 0.462 e. The maximum Gasteiger partial charge on any atom is 0.338 e. The Morgan fingerprint density at radius 1 is 0.534 bits per heavy atom. The van der Waals surface area contributed by atoms with Crippen LogP contribution in [0, 0.1) is 0 Å². The van der Waals surface area contributed by atoms with Crippen LogP contribution < -0.4 is 0 Å². The molecule has 490 valence electrons. The summed E-state index contributed by atoms with van der Waals surface area (Å²) in [5.74, 6) is -4.61. The SMILES string of the molecule is CCCCOC1C(N=[N+]=[N-])COC(CO)C1OC1OC(COC(=O)CCl)C(OC2OC(CO)C(OC3OC(COC(=O)CCl)C(O)C(OCCCC)C3OC(=O)c3ccccc3)C(OCCCC)C2N=[N+]=[N-])C(OCCCC)C1OC(=O)c1ccccc1. The molecule has 0 saturated carbocycles. The van der Waals surface area contributed by atoms with E-state index in [9.17, 15) is 45.6 Å². The zero-order valence-corrected chi connectivity index (χ0v) is 51.2. The summed E-state index contributed by atoms with van der Waals surface area (Å²) in [6, 6.07) is 13.3. The second-order valence-corrected chi connectivity index (χ2v) is 21.5. The summed E-state index contributed by atoms with van der Waals surface area (Å²) >= 11 is 11.7. The zero-order chi connectivity index (χ0) is 63.4. The molecule has 3 N–H and O–H groups in total. The van der Waals surface area contributed by atoms with Crippen molar-refractivity contribution < 1.29 is 106 Å². The van der Waals surface area contributed by atoms with E-state index in [4.69, 9.17) is 94.3 Å². The second-order valence-electron chi connectivity index (χ2n) is 21.0. The summed E-state index contributed by atoms with van der Waals surface area (Å²) in [4.78, 5) is 60.0. The van der Waals surface area contributed by atoms with Crippen LogP contribution in [0.4, 0.5) is 0 Å². The molecule has 0 aliphatic carbocycles. The number of carbonyl (C=O) groups is 4. The summed E-state index contributed by atoms with van der Waals surface area (Å²) in [6.45, 7) is 5.04. The first-order valence-electron chi connectivity index (χ1n) is 29.8. The number of unbranched alkanes of at least 4 members (excludes halogenated alkanes) is 4. The van der Waals surface area contributed by atoms with Gasteiger partial charge in [0.25, 0.3) is 0 Å². The van der Waals surface area contributed by atoms with E-state index in [-0.39, 0.29) is 44.2 Å². The Labute approximate surface area is 520 Å². The van der Waals surface area contributed by atoms with Crippen molar-refractivity contribution in [2.45, 2.75) is 195 Å². The number of hydrogen-bond acceptors (Lipinski definition) is 24. The number of alkyl halides is 2. The third-order valence-electron chi connectivity index (χ3n) is 14.8. The topological polar surface area (TPSA) is 365 Å². The molecule has 0 bridgehead atoms. The van der Waals surface area contributed by atoms with E-state index in [0.29, 0.717) is 44.9 Å². The highest BCUT2D eigenvalue weighted by molar-refractivity contribution is 6.26. The molecule has 0 spiro atoms. The number of aliphatic hydroxyl groups is 3. The van der Waals surface area contributed by atoms with E-state index in [0.717, 1.165) is 6.42 Å². The van der Waals surface area contributed by atoms with Crippen molar-refractivity contribution in [1.29, 1.82) is 0 Å². The molecule has 4 aliphatic rings. The number of aliphatic hydroxyl groups excluding tert-OH is 3. The highest BCUT2D eigenvalue weighted by Crippen LogP contribution is 2.39. The Balaban J connectivity index is 1.47. The van der Waals surface area contributed by atoms with Crippen molar-refractivity contribution in [3.05, 3.63) is 92.7 Å². The first-order chi connectivity index (χ1) is 42.8. The van der Waals surface area contributed by atoms with Crippen LogP contribution in [0.25, 0.3) is 20.9 Å². The number of azide groups is 2. The van der Waals surface area contributed by atoms with Crippen molar-refractivity contribution in [2.24, 2.45) is 10.2 Å². The number of ether oxygens (including phenoxy) is 15. The molecule has 4 fully saturated rings. The van der Waals surface area contributed by atoms with Gasteiger partial charge in [-0.25, -0.2) is 9.59 Å². The quantitative estimate of drug-likeness (QED) is 0.0130. The van der Waals surface area contributed by atoms with E-state index < -0.39 is 178 Å². The van der Waals surface area contributed by atoms with Gasteiger partial charge in [0.05, 0.1) is 49.2 Å². The van der Waals surface area contributed by atoms with E-state index in [1.807, 2.05) is 27.7 Å². The predicted octanol–water partition coefficient (Wildman–Crippen LogP) is 6.18. The lowest BCUT2D eigenvalue weighted by molar-refractivity contribution is -0.376. The molecule has 0 amide bonds. The molecule has 19 atom stereocenters. The molecule has 28 nitrogen and oxygen atoms in total. The number of hydrogen-bond donors (Lipinski definition) is 3. The van der Waals surface area contributed by atoms with Crippen molar-refractivity contribution >= 4 is 47.1 Å². The molecule has 0 radical (unpaired) electrons. The molecule has 19 unspecified atom stereocenters. The minimum Gasteiger partial charge on any atom is -0.462 e. The highest BCUT2D eigenvalue weighted by atomic mass is 35.5. The Morgan fingerprint density at radius 3 is 1.44 bits per heavy atom. The van der Waals surface area contributed by atoms with Gasteiger partial charge in [-0.3, -0.25) is 9.59 Å². The average Bonchev–Trinajstić information content (AvgIpc) is 1.84. The van der Waals surface area contributed by atoms with Crippen LogP contribution >= 0.6 is 23.2 Å². The molecule has 88 heavy (non-hydrogen) atoms. The van der Waals surface area contributed by atoms with Crippen LogP contribution in [-0.4, -0.2) is 227 Å². The van der Waals surface area contributed by atoms with Crippen LogP contribution in [0.5, 0.6) is 0 Å². The molecule has 4 saturated heterocycles. The Bertz CT molecular complexity index is 2510. The van der Waals surface area contributed by atoms with E-state index in [1.54, 1.807) is 36.4 Å². The van der Waals surface area contributed by atoms with Crippen LogP contribution in [0.1, 0.15) is 99.8 Å². The van der Waals surface area contributed by atoms with Gasteiger partial charge in [0, 0.05) is 36.3 Å². The summed E-state index contributed by atoms with van der Waals surface area (Å²) in [5, 5.41) is 42.2. The predicted molar refractivity (Wildman–Crippen MR) is 310 cm³/mol. The Morgan fingerprint density at radius 2 is 0.955 bits per heavy atom. The monoisotopic (exact) mass is 1280 g/mol. The molecule has 30 heteroatoms. The molecule has 4 aliphatic heterocycles. The van der Waals surface area contributed by atoms with Gasteiger partial charge < -0.3 is 86.4 Å². The smallest absolute Gasteiger partial charge is 0.338 e. The summed E-state index contributed by atoms with van der Waals surface area (Å²) < 4.78 is 95.4. The average molecular weight is 1290 g/mol. The molecule has 0 aromatic heterocycles. The van der Waals surface area contributed by atoms with Crippen LogP contribution in [0.2, 0.25) is 0 Å². The van der Waals surface area contributed by atoms with Crippen LogP contribution in [0.15, 0.2) is 70.9 Å². The van der Waals surface area contributed by atoms with Gasteiger partial charge in [-0.05, 0) is 61.0 Å². The maximum absolute atomic E-state index is 14.4. The lowest BCUT2D eigenvalue weighted by Gasteiger charge is -2.51. The first-order valence-corrected chi connectivity index (χ1v) is 30.8. The van der Waals surface area contributed by atoms with Gasteiger partial charge in [0.2, 0.25) is 0 Å². The van der Waals surface area contributed by atoms with E-state index in [2.05, 4.69) is 20.1 Å². The molecule has 4 heterocycles. The van der Waals surface area contributed by atoms with Gasteiger partial charge in [-0.15, -0.1) is 23.2 Å². The standard InChI is InChI=1S/C58H82Cl2N6O22/c1-5-9-23-74-45-36(63-65-61)31-78-37(29-67)46(45)87-58-53(85-55(73)35-21-17-14-18-22-35)51(77-26-12-8-4)48(40(83-58)33-80-42(70)28-60)86-56-43(64-66-62)49(75-24-10-6-2)47(38(30-68)81-56)88-57-52(84-54(72)34-19-15-13-16-20-34)50(76-25-11-7-3)44(71)39(82-57)32-79-41(69)27-59/h13-22,36-40,43-53,56-58,67-68,71H,5-12,23-33H2,1-4H3. The lowest BCUT2D eigenvalue weighted by atomic mass is 9.94. The van der Waals surface area contributed by atoms with Gasteiger partial charge >= 0.3 is 23.9 Å². The maximum atomic E-state index is 14.4. The normalized spacial score (nSPS) is 31.3. The first kappa shape index (κ1) is 72.0. The minimum atomic E-state index is -1.78. The fourth-order valence-corrected chi connectivity index (χ4v) is 10.3. The fraction of sp³-hybridized carbons (Fsp3) is 0.724. The molecule has 6 rings (SSSR count). The Kier molecular flexibility index (Phi) is 31.6. The van der Waals surface area contributed by atoms with Gasteiger partial charge in [-0.2, -0.15) is 0 Å².